The minimum absolute atomic E-state index is 0.0187. The highest BCUT2D eigenvalue weighted by atomic mass is 16.5. The first-order chi connectivity index (χ1) is 9.04. The molecule has 0 saturated carbocycles. The van der Waals surface area contributed by atoms with Crippen molar-refractivity contribution in [1.29, 1.82) is 0 Å². The van der Waals surface area contributed by atoms with E-state index in [0.717, 1.165) is 18.7 Å². The fourth-order valence-corrected chi connectivity index (χ4v) is 1.65. The average Bonchev–Trinajstić information content (AvgIpc) is 2.36. The lowest BCUT2D eigenvalue weighted by atomic mass is 10.1. The number of hydrogen-bond acceptors (Lipinski definition) is 4. The molecule has 1 amide bonds. The van der Waals surface area contributed by atoms with Gasteiger partial charge in [0.05, 0.1) is 12.2 Å². The van der Waals surface area contributed by atoms with Crippen LogP contribution >= 0.6 is 0 Å². The van der Waals surface area contributed by atoms with Gasteiger partial charge in [-0.2, -0.15) is 0 Å². The van der Waals surface area contributed by atoms with Crippen molar-refractivity contribution in [2.75, 3.05) is 40.4 Å². The van der Waals surface area contributed by atoms with Gasteiger partial charge in [-0.05, 0) is 31.7 Å². The molecule has 0 radical (unpaired) electrons. The molecule has 0 bridgehead atoms. The first-order valence-corrected chi connectivity index (χ1v) is 6.30. The molecule has 1 aromatic carbocycles. The maximum absolute atomic E-state index is 11.9. The molecule has 0 fully saturated rings. The zero-order chi connectivity index (χ0) is 14.3. The van der Waals surface area contributed by atoms with Crippen LogP contribution in [-0.2, 0) is 4.74 Å². The number of benzene rings is 1. The van der Waals surface area contributed by atoms with E-state index in [0.29, 0.717) is 18.7 Å². The molecule has 1 rings (SSSR count). The van der Waals surface area contributed by atoms with Gasteiger partial charge in [0.15, 0.2) is 0 Å². The van der Waals surface area contributed by atoms with E-state index in [1.807, 2.05) is 14.0 Å². The monoisotopic (exact) mass is 266 g/mol. The third-order valence-electron chi connectivity index (χ3n) is 2.85. The number of carbonyl (C=O) groups excluding carboxylic acids is 1. The van der Waals surface area contributed by atoms with Crippen molar-refractivity contribution < 1.29 is 14.6 Å². The van der Waals surface area contributed by atoms with Gasteiger partial charge in [-0.3, -0.25) is 4.79 Å². The van der Waals surface area contributed by atoms with Crippen LogP contribution in [0.25, 0.3) is 0 Å². The van der Waals surface area contributed by atoms with E-state index in [-0.39, 0.29) is 11.7 Å². The highest BCUT2D eigenvalue weighted by Crippen LogP contribution is 2.17. The van der Waals surface area contributed by atoms with Crippen LogP contribution in [0.3, 0.4) is 0 Å². The Morgan fingerprint density at radius 3 is 2.79 bits per heavy atom. The number of hydrogen-bond donors (Lipinski definition) is 2. The summed E-state index contributed by atoms with van der Waals surface area (Å²) in [4.78, 5) is 13.9. The number of aromatic hydroxyl groups is 1. The number of phenols is 1. The van der Waals surface area contributed by atoms with Crippen molar-refractivity contribution in [3.63, 3.8) is 0 Å². The Hall–Kier alpha value is -1.59. The molecule has 0 unspecified atom stereocenters. The van der Waals surface area contributed by atoms with Crippen molar-refractivity contribution in [3.05, 3.63) is 29.3 Å². The van der Waals surface area contributed by atoms with Crippen LogP contribution in [0.4, 0.5) is 0 Å². The van der Waals surface area contributed by atoms with E-state index in [9.17, 15) is 9.90 Å². The summed E-state index contributed by atoms with van der Waals surface area (Å²) in [6.07, 6.45) is 0. The molecule has 0 spiro atoms. The predicted molar refractivity (Wildman–Crippen MR) is 74.6 cm³/mol. The summed E-state index contributed by atoms with van der Waals surface area (Å²) in [6, 6.07) is 5.02. The second kappa shape index (κ2) is 7.76. The molecule has 2 N–H and O–H groups in total. The van der Waals surface area contributed by atoms with Crippen molar-refractivity contribution in [2.45, 2.75) is 6.92 Å². The van der Waals surface area contributed by atoms with E-state index in [4.69, 9.17) is 4.74 Å². The Labute approximate surface area is 114 Å². The molecule has 0 aliphatic heterocycles. The van der Waals surface area contributed by atoms with Crippen LogP contribution in [0.15, 0.2) is 18.2 Å². The standard InChI is InChI=1S/C14H22N2O3/c1-11-4-5-12(13(17)10-11)14(18)15-6-7-16(2)8-9-19-3/h4-5,10,17H,6-9H2,1-3H3,(H,15,18). The van der Waals surface area contributed by atoms with E-state index >= 15 is 0 Å². The summed E-state index contributed by atoms with van der Waals surface area (Å²) in [7, 11) is 3.63. The van der Waals surface area contributed by atoms with Gasteiger partial charge in [-0.1, -0.05) is 6.07 Å². The second-order valence-corrected chi connectivity index (χ2v) is 4.57. The molecule has 0 aromatic heterocycles. The first-order valence-electron chi connectivity index (χ1n) is 6.30. The number of likely N-dealkylation sites (N-methyl/N-ethyl adjacent to an activating group) is 1. The fraction of sp³-hybridized carbons (Fsp3) is 0.500. The summed E-state index contributed by atoms with van der Waals surface area (Å²) in [5.74, 6) is -0.233. The van der Waals surface area contributed by atoms with E-state index in [1.54, 1.807) is 25.3 Å². The van der Waals surface area contributed by atoms with Gasteiger partial charge in [0.25, 0.3) is 5.91 Å². The van der Waals surface area contributed by atoms with Crippen LogP contribution in [0, 0.1) is 6.92 Å². The number of carbonyl (C=O) groups is 1. The van der Waals surface area contributed by atoms with Gasteiger partial charge in [0.2, 0.25) is 0 Å². The zero-order valence-corrected chi connectivity index (χ0v) is 11.8. The van der Waals surface area contributed by atoms with Gasteiger partial charge >= 0.3 is 0 Å². The Bertz CT molecular complexity index is 421. The number of methoxy groups -OCH3 is 1. The molecule has 19 heavy (non-hydrogen) atoms. The summed E-state index contributed by atoms with van der Waals surface area (Å²) >= 11 is 0. The molecular weight excluding hydrogens is 244 g/mol. The Kier molecular flexibility index (Phi) is 6.32. The molecule has 1 aromatic rings. The maximum Gasteiger partial charge on any atom is 0.255 e. The SMILES string of the molecule is COCCN(C)CCNC(=O)c1ccc(C)cc1O. The maximum atomic E-state index is 11.9. The van der Waals surface area contributed by atoms with E-state index in [1.165, 1.54) is 0 Å². The van der Waals surface area contributed by atoms with Crippen LogP contribution in [0.2, 0.25) is 0 Å². The fourth-order valence-electron chi connectivity index (χ4n) is 1.65. The highest BCUT2D eigenvalue weighted by molar-refractivity contribution is 5.96. The molecule has 0 heterocycles. The van der Waals surface area contributed by atoms with Crippen LogP contribution in [0.5, 0.6) is 5.75 Å². The smallest absolute Gasteiger partial charge is 0.255 e. The number of ether oxygens (including phenoxy) is 1. The molecule has 106 valence electrons. The first kappa shape index (κ1) is 15.5. The number of phenolic OH excluding ortho intramolecular Hbond substituents is 1. The second-order valence-electron chi connectivity index (χ2n) is 4.57. The molecule has 0 aliphatic carbocycles. The molecule has 5 nitrogen and oxygen atoms in total. The van der Waals surface area contributed by atoms with Crippen LogP contribution < -0.4 is 5.32 Å². The van der Waals surface area contributed by atoms with Gasteiger partial charge in [-0.25, -0.2) is 0 Å². The number of amides is 1. The van der Waals surface area contributed by atoms with Crippen molar-refractivity contribution in [2.24, 2.45) is 0 Å². The molecule has 5 heteroatoms. The third-order valence-corrected chi connectivity index (χ3v) is 2.85. The van der Waals surface area contributed by atoms with E-state index < -0.39 is 0 Å². The Morgan fingerprint density at radius 2 is 2.16 bits per heavy atom. The van der Waals surface area contributed by atoms with Crippen molar-refractivity contribution in [1.82, 2.24) is 10.2 Å². The van der Waals surface area contributed by atoms with Gasteiger partial charge in [0, 0.05) is 26.7 Å². The minimum Gasteiger partial charge on any atom is -0.507 e. The quantitative estimate of drug-likeness (QED) is 0.773. The Balaban J connectivity index is 2.39. The van der Waals surface area contributed by atoms with Gasteiger partial charge < -0.3 is 20.1 Å². The third kappa shape index (κ3) is 5.28. The lowest BCUT2D eigenvalue weighted by molar-refractivity contribution is 0.0945. The van der Waals surface area contributed by atoms with Crippen LogP contribution in [0.1, 0.15) is 15.9 Å². The molecule has 0 saturated heterocycles. The average molecular weight is 266 g/mol. The molecular formula is C14H22N2O3. The number of rotatable bonds is 7. The van der Waals surface area contributed by atoms with E-state index in [2.05, 4.69) is 10.2 Å². The molecule has 0 atom stereocenters. The predicted octanol–water partition coefficient (Wildman–Crippen LogP) is 1.01. The highest BCUT2D eigenvalue weighted by Gasteiger charge is 2.10. The lowest BCUT2D eigenvalue weighted by Crippen LogP contribution is -2.34. The largest absolute Gasteiger partial charge is 0.507 e. The molecule has 0 aliphatic rings. The summed E-state index contributed by atoms with van der Waals surface area (Å²) in [6.45, 7) is 4.63. The van der Waals surface area contributed by atoms with Gasteiger partial charge in [-0.15, -0.1) is 0 Å². The number of nitrogens with one attached hydrogen (secondary N) is 1. The van der Waals surface area contributed by atoms with Gasteiger partial charge in [0.1, 0.15) is 5.75 Å². The number of aryl methyl sites for hydroxylation is 1. The lowest BCUT2D eigenvalue weighted by Gasteiger charge is -2.16. The topological polar surface area (TPSA) is 61.8 Å². The Morgan fingerprint density at radius 1 is 1.42 bits per heavy atom. The minimum atomic E-state index is -0.252. The number of nitrogens with zero attached hydrogens (tertiary/aromatic N) is 1. The summed E-state index contributed by atoms with van der Waals surface area (Å²) in [5, 5.41) is 12.5. The van der Waals surface area contributed by atoms with Crippen molar-refractivity contribution in [3.8, 4) is 5.75 Å². The normalized spacial score (nSPS) is 10.7. The van der Waals surface area contributed by atoms with Crippen LogP contribution in [-0.4, -0.2) is 56.3 Å². The zero-order valence-electron chi connectivity index (χ0n) is 11.8. The summed E-state index contributed by atoms with van der Waals surface area (Å²) in [5.41, 5.74) is 1.23. The van der Waals surface area contributed by atoms with Crippen molar-refractivity contribution >= 4 is 5.91 Å². The summed E-state index contributed by atoms with van der Waals surface area (Å²) < 4.78 is 4.97.